The summed E-state index contributed by atoms with van der Waals surface area (Å²) >= 11 is 0. The molecule has 2 N–H and O–H groups in total. The second-order valence-corrected chi connectivity index (χ2v) is 6.87. The first-order valence-electron chi connectivity index (χ1n) is 9.43. The first-order chi connectivity index (χ1) is 11.6. The number of aliphatic imine (C=N–C) groups is 1. The van der Waals surface area contributed by atoms with Crippen LogP contribution in [0.1, 0.15) is 39.5 Å². The van der Waals surface area contributed by atoms with E-state index in [0.717, 1.165) is 71.3 Å². The molecule has 0 aliphatic carbocycles. The molecule has 0 aromatic carbocycles. The highest BCUT2D eigenvalue weighted by Gasteiger charge is 2.15. The fraction of sp³-hybridized carbons (Fsp3) is 0.944. The number of halogens is 1. The number of unbranched alkanes of at least 4 members (excludes halogenated alkanes) is 1. The van der Waals surface area contributed by atoms with Crippen molar-refractivity contribution in [3.8, 4) is 0 Å². The van der Waals surface area contributed by atoms with Crippen LogP contribution in [0, 0.1) is 5.92 Å². The molecule has 1 saturated heterocycles. The first kappa shape index (κ1) is 24.9. The summed E-state index contributed by atoms with van der Waals surface area (Å²) in [5.74, 6) is 1.48. The third kappa shape index (κ3) is 12.8. The minimum Gasteiger partial charge on any atom is -0.381 e. The Labute approximate surface area is 171 Å². The number of rotatable bonds is 12. The summed E-state index contributed by atoms with van der Waals surface area (Å²) in [5.41, 5.74) is 0. The number of ether oxygens (including phenoxy) is 2. The Bertz CT molecular complexity index is 337. The first-order valence-corrected chi connectivity index (χ1v) is 9.43. The molecule has 0 bridgehead atoms. The molecule has 0 spiro atoms. The van der Waals surface area contributed by atoms with Crippen LogP contribution in [0.2, 0.25) is 0 Å². The minimum absolute atomic E-state index is 0. The summed E-state index contributed by atoms with van der Waals surface area (Å²) in [4.78, 5) is 6.64. The van der Waals surface area contributed by atoms with Crippen LogP contribution in [0.4, 0.5) is 0 Å². The predicted molar refractivity (Wildman–Crippen MR) is 116 cm³/mol. The molecule has 7 heteroatoms. The number of nitrogens with one attached hydrogen (secondary N) is 2. The molecule has 0 saturated carbocycles. The Kier molecular flexibility index (Phi) is 16.0. The van der Waals surface area contributed by atoms with E-state index in [0.29, 0.717) is 12.0 Å². The normalized spacial score (nSPS) is 17.8. The lowest BCUT2D eigenvalue weighted by molar-refractivity contribution is 0.0888. The largest absolute Gasteiger partial charge is 0.381 e. The zero-order chi connectivity index (χ0) is 17.6. The van der Waals surface area contributed by atoms with Gasteiger partial charge in [0.05, 0.1) is 13.2 Å². The third-order valence-corrected chi connectivity index (χ3v) is 4.47. The van der Waals surface area contributed by atoms with Gasteiger partial charge in [-0.05, 0) is 53.1 Å². The van der Waals surface area contributed by atoms with Gasteiger partial charge in [-0.3, -0.25) is 4.99 Å². The van der Waals surface area contributed by atoms with Gasteiger partial charge in [0.25, 0.3) is 0 Å². The molecule has 1 atom stereocenters. The quantitative estimate of drug-likeness (QED) is 0.199. The van der Waals surface area contributed by atoms with Gasteiger partial charge in [0.15, 0.2) is 5.96 Å². The summed E-state index contributed by atoms with van der Waals surface area (Å²) in [6.45, 7) is 10.8. The van der Waals surface area contributed by atoms with Crippen LogP contribution in [0.3, 0.4) is 0 Å². The highest BCUT2D eigenvalue weighted by atomic mass is 127. The number of hydrogen-bond acceptors (Lipinski definition) is 4. The van der Waals surface area contributed by atoms with E-state index in [-0.39, 0.29) is 24.0 Å². The number of nitrogens with zero attached hydrogens (tertiary/aromatic N) is 2. The molecule has 0 aromatic heterocycles. The molecule has 1 fully saturated rings. The Morgan fingerprint density at radius 3 is 2.56 bits per heavy atom. The Hall–Kier alpha value is -0.120. The standard InChI is InChI=1S/C18H38N4O2.HI/c1-16(2)22(4)11-6-5-9-20-18(19-3)21-10-7-12-23-14-17-8-13-24-15-17;/h16-17H,5-15H2,1-4H3,(H2,19,20,21);1H. The van der Waals surface area contributed by atoms with Gasteiger partial charge in [-0.2, -0.15) is 0 Å². The van der Waals surface area contributed by atoms with Crippen molar-refractivity contribution in [2.24, 2.45) is 10.9 Å². The third-order valence-electron chi connectivity index (χ3n) is 4.47. The van der Waals surface area contributed by atoms with E-state index < -0.39 is 0 Å². The Morgan fingerprint density at radius 1 is 1.24 bits per heavy atom. The molecular formula is C18H39IN4O2. The van der Waals surface area contributed by atoms with Crippen LogP contribution >= 0.6 is 24.0 Å². The average Bonchev–Trinajstić information content (AvgIpc) is 3.08. The zero-order valence-corrected chi connectivity index (χ0v) is 18.9. The van der Waals surface area contributed by atoms with E-state index >= 15 is 0 Å². The molecule has 1 aliphatic rings. The van der Waals surface area contributed by atoms with Crippen molar-refractivity contribution in [3.63, 3.8) is 0 Å². The smallest absolute Gasteiger partial charge is 0.190 e. The van der Waals surface area contributed by atoms with E-state index in [4.69, 9.17) is 9.47 Å². The topological polar surface area (TPSA) is 58.1 Å². The molecule has 1 rings (SSSR count). The van der Waals surface area contributed by atoms with E-state index in [1.807, 2.05) is 7.05 Å². The molecule has 25 heavy (non-hydrogen) atoms. The van der Waals surface area contributed by atoms with Crippen LogP contribution in [0.15, 0.2) is 4.99 Å². The molecule has 150 valence electrons. The van der Waals surface area contributed by atoms with Gasteiger partial charge < -0.3 is 25.0 Å². The van der Waals surface area contributed by atoms with Gasteiger partial charge >= 0.3 is 0 Å². The van der Waals surface area contributed by atoms with Crippen LogP contribution in [0.25, 0.3) is 0 Å². The molecule has 0 radical (unpaired) electrons. The molecule has 1 aliphatic heterocycles. The van der Waals surface area contributed by atoms with Gasteiger partial charge in [-0.1, -0.05) is 0 Å². The lowest BCUT2D eigenvalue weighted by Gasteiger charge is -2.20. The second-order valence-electron chi connectivity index (χ2n) is 6.87. The minimum atomic E-state index is 0. The Morgan fingerprint density at radius 2 is 1.96 bits per heavy atom. The van der Waals surface area contributed by atoms with Crippen molar-refractivity contribution in [1.29, 1.82) is 0 Å². The summed E-state index contributed by atoms with van der Waals surface area (Å²) in [6.07, 6.45) is 4.50. The lowest BCUT2D eigenvalue weighted by Crippen LogP contribution is -2.38. The van der Waals surface area contributed by atoms with Gasteiger partial charge in [0.2, 0.25) is 0 Å². The fourth-order valence-electron chi connectivity index (χ4n) is 2.52. The molecule has 1 heterocycles. The van der Waals surface area contributed by atoms with Gasteiger partial charge in [-0.25, -0.2) is 0 Å². The van der Waals surface area contributed by atoms with Crippen LogP contribution < -0.4 is 10.6 Å². The van der Waals surface area contributed by atoms with Crippen molar-refractivity contribution < 1.29 is 9.47 Å². The van der Waals surface area contributed by atoms with Crippen molar-refractivity contribution >= 4 is 29.9 Å². The van der Waals surface area contributed by atoms with E-state index in [2.05, 4.69) is 41.4 Å². The highest BCUT2D eigenvalue weighted by Crippen LogP contribution is 2.12. The van der Waals surface area contributed by atoms with Gasteiger partial charge in [-0.15, -0.1) is 24.0 Å². The number of hydrogen-bond donors (Lipinski definition) is 2. The maximum absolute atomic E-state index is 5.70. The van der Waals surface area contributed by atoms with Crippen molar-refractivity contribution in [1.82, 2.24) is 15.5 Å². The molecule has 1 unspecified atom stereocenters. The maximum Gasteiger partial charge on any atom is 0.190 e. The van der Waals surface area contributed by atoms with Gasteiger partial charge in [0, 0.05) is 45.3 Å². The molecule has 6 nitrogen and oxygen atoms in total. The molecule has 0 aromatic rings. The summed E-state index contributed by atoms with van der Waals surface area (Å²) in [6, 6.07) is 0.621. The monoisotopic (exact) mass is 470 g/mol. The van der Waals surface area contributed by atoms with E-state index in [1.165, 1.54) is 6.42 Å². The summed E-state index contributed by atoms with van der Waals surface area (Å²) < 4.78 is 11.0. The SMILES string of the molecule is CN=C(NCCCCN(C)C(C)C)NCCCOCC1CCOC1.I. The van der Waals surface area contributed by atoms with Crippen LogP contribution in [0.5, 0.6) is 0 Å². The molecular weight excluding hydrogens is 431 g/mol. The molecule has 0 amide bonds. The van der Waals surface area contributed by atoms with Gasteiger partial charge in [0.1, 0.15) is 0 Å². The number of guanidine groups is 1. The highest BCUT2D eigenvalue weighted by molar-refractivity contribution is 14.0. The zero-order valence-electron chi connectivity index (χ0n) is 16.6. The van der Waals surface area contributed by atoms with Crippen molar-refractivity contribution in [2.45, 2.75) is 45.6 Å². The maximum atomic E-state index is 5.70. The van der Waals surface area contributed by atoms with E-state index in [1.54, 1.807) is 0 Å². The predicted octanol–water partition coefficient (Wildman–Crippen LogP) is 2.33. The summed E-state index contributed by atoms with van der Waals surface area (Å²) in [7, 11) is 4.00. The average molecular weight is 470 g/mol. The van der Waals surface area contributed by atoms with Crippen LogP contribution in [-0.2, 0) is 9.47 Å². The fourth-order valence-corrected chi connectivity index (χ4v) is 2.52. The second kappa shape index (κ2) is 16.1. The van der Waals surface area contributed by atoms with Crippen molar-refractivity contribution in [2.75, 3.05) is 60.2 Å². The Balaban J connectivity index is 0.00000576. The lowest BCUT2D eigenvalue weighted by atomic mass is 10.1. The summed E-state index contributed by atoms with van der Waals surface area (Å²) in [5, 5.41) is 6.71. The van der Waals surface area contributed by atoms with Crippen LogP contribution in [-0.4, -0.2) is 77.1 Å². The van der Waals surface area contributed by atoms with Crippen molar-refractivity contribution in [3.05, 3.63) is 0 Å². The van der Waals surface area contributed by atoms with E-state index in [9.17, 15) is 0 Å².